The van der Waals surface area contributed by atoms with Crippen LogP contribution >= 0.6 is 0 Å². The fraction of sp³-hybridized carbons (Fsp3) is 0.632. The molecule has 1 amide bonds. The van der Waals surface area contributed by atoms with Crippen molar-refractivity contribution >= 4 is 15.9 Å². The van der Waals surface area contributed by atoms with E-state index in [1.807, 2.05) is 0 Å². The highest BCUT2D eigenvalue weighted by atomic mass is 32.2. The Morgan fingerprint density at radius 1 is 1.11 bits per heavy atom. The molecule has 1 heterocycles. The molecule has 2 fully saturated rings. The number of sulfonamides is 1. The molecule has 0 N–H and O–H groups in total. The van der Waals surface area contributed by atoms with Crippen molar-refractivity contribution in [3.05, 3.63) is 29.3 Å². The van der Waals surface area contributed by atoms with Gasteiger partial charge in [-0.25, -0.2) is 8.42 Å². The minimum Gasteiger partial charge on any atom is -0.340 e. The van der Waals surface area contributed by atoms with Gasteiger partial charge in [-0.1, -0.05) is 18.9 Å². The lowest BCUT2D eigenvalue weighted by Gasteiger charge is -2.34. The molecule has 0 bridgehead atoms. The van der Waals surface area contributed by atoms with Gasteiger partial charge in [0.25, 0.3) is 0 Å². The Kier molecular flexibility index (Phi) is 6.05. The molecule has 1 aliphatic carbocycles. The summed E-state index contributed by atoms with van der Waals surface area (Å²) in [7, 11) is -4.04. The molecule has 0 unspecified atom stereocenters. The van der Waals surface area contributed by atoms with Gasteiger partial charge in [0.2, 0.25) is 15.9 Å². The predicted octanol–water partition coefficient (Wildman–Crippen LogP) is 3.43. The average Bonchev–Trinajstić information content (AvgIpc) is 3.14. The number of piperazine rings is 1. The highest BCUT2D eigenvalue weighted by molar-refractivity contribution is 7.89. The summed E-state index contributed by atoms with van der Waals surface area (Å²) >= 11 is 0. The maximum atomic E-state index is 13.1. The lowest BCUT2D eigenvalue weighted by molar-refractivity contribution is -0.138. The molecule has 1 saturated carbocycles. The normalized spacial score (nSPS) is 19.9. The van der Waals surface area contributed by atoms with Crippen molar-refractivity contribution in [1.29, 1.82) is 0 Å². The Morgan fingerprint density at radius 2 is 1.71 bits per heavy atom. The number of carbonyl (C=O) groups is 1. The van der Waals surface area contributed by atoms with Crippen molar-refractivity contribution in [3.63, 3.8) is 0 Å². The van der Waals surface area contributed by atoms with Gasteiger partial charge in [0.15, 0.2) is 0 Å². The van der Waals surface area contributed by atoms with Crippen molar-refractivity contribution in [2.24, 2.45) is 5.92 Å². The van der Waals surface area contributed by atoms with Gasteiger partial charge in [0.05, 0.1) is 10.5 Å². The minimum absolute atomic E-state index is 0.0196. The van der Waals surface area contributed by atoms with E-state index in [0.29, 0.717) is 18.4 Å². The van der Waals surface area contributed by atoms with Crippen molar-refractivity contribution < 1.29 is 26.4 Å². The van der Waals surface area contributed by atoms with Crippen LogP contribution in [0.3, 0.4) is 0 Å². The number of amides is 1. The van der Waals surface area contributed by atoms with E-state index >= 15 is 0 Å². The topological polar surface area (TPSA) is 57.7 Å². The zero-order valence-electron chi connectivity index (χ0n) is 15.8. The number of rotatable bonds is 4. The summed E-state index contributed by atoms with van der Waals surface area (Å²) in [6, 6.07) is 3.08. The first-order valence-electron chi connectivity index (χ1n) is 9.55. The SMILES string of the molecule is Cc1ccc(S(=O)(=O)N2CCN(C(=O)CC3CCCC3)CC2)cc1C(F)(F)F. The Hall–Kier alpha value is -1.61. The lowest BCUT2D eigenvalue weighted by atomic mass is 10.0. The summed E-state index contributed by atoms with van der Waals surface area (Å²) in [6.07, 6.45) is 0.325. The van der Waals surface area contributed by atoms with Gasteiger partial charge in [-0.05, 0) is 43.4 Å². The first-order valence-corrected chi connectivity index (χ1v) is 11.0. The van der Waals surface area contributed by atoms with Crippen LogP contribution in [0.5, 0.6) is 0 Å². The van der Waals surface area contributed by atoms with Crippen LogP contribution in [0.1, 0.15) is 43.2 Å². The van der Waals surface area contributed by atoms with E-state index in [2.05, 4.69) is 0 Å². The Bertz CT molecular complexity index is 825. The molecular formula is C19H25F3N2O3S. The number of aryl methyl sites for hydroxylation is 1. The first kappa shape index (κ1) is 21.1. The Labute approximate surface area is 163 Å². The third kappa shape index (κ3) is 4.51. The number of carbonyl (C=O) groups excluding carboxylic acids is 1. The largest absolute Gasteiger partial charge is 0.416 e. The van der Waals surface area contributed by atoms with E-state index in [9.17, 15) is 26.4 Å². The maximum absolute atomic E-state index is 13.1. The zero-order chi connectivity index (χ0) is 20.5. The summed E-state index contributed by atoms with van der Waals surface area (Å²) in [5.41, 5.74) is -0.965. The van der Waals surface area contributed by atoms with Gasteiger partial charge < -0.3 is 4.90 Å². The van der Waals surface area contributed by atoms with Crippen molar-refractivity contribution in [3.8, 4) is 0 Å². The third-order valence-corrected chi connectivity index (χ3v) is 7.58. The maximum Gasteiger partial charge on any atom is 0.416 e. The van der Waals surface area contributed by atoms with Crippen LogP contribution in [-0.2, 0) is 21.0 Å². The van der Waals surface area contributed by atoms with E-state index in [1.54, 1.807) is 4.90 Å². The molecule has 3 rings (SSSR count). The molecule has 5 nitrogen and oxygen atoms in total. The summed E-state index contributed by atoms with van der Waals surface area (Å²) in [5, 5.41) is 0. The molecule has 0 atom stereocenters. The summed E-state index contributed by atoms with van der Waals surface area (Å²) in [6.45, 7) is 2.02. The molecule has 1 saturated heterocycles. The van der Waals surface area contributed by atoms with Crippen molar-refractivity contribution in [2.45, 2.75) is 50.1 Å². The molecule has 156 valence electrons. The molecule has 0 radical (unpaired) electrons. The van der Waals surface area contributed by atoms with Crippen LogP contribution in [0.4, 0.5) is 13.2 Å². The molecule has 1 aromatic carbocycles. The fourth-order valence-electron chi connectivity index (χ4n) is 3.98. The van der Waals surface area contributed by atoms with Gasteiger partial charge in [0.1, 0.15) is 0 Å². The monoisotopic (exact) mass is 418 g/mol. The van der Waals surface area contributed by atoms with Crippen molar-refractivity contribution in [1.82, 2.24) is 9.21 Å². The van der Waals surface area contributed by atoms with Gasteiger partial charge in [-0.15, -0.1) is 0 Å². The third-order valence-electron chi connectivity index (χ3n) is 5.68. The predicted molar refractivity (Wildman–Crippen MR) is 98.1 cm³/mol. The van der Waals surface area contributed by atoms with Crippen LogP contribution in [0.25, 0.3) is 0 Å². The molecule has 28 heavy (non-hydrogen) atoms. The van der Waals surface area contributed by atoms with Crippen molar-refractivity contribution in [2.75, 3.05) is 26.2 Å². The van der Waals surface area contributed by atoms with Crippen LogP contribution in [-0.4, -0.2) is 49.7 Å². The van der Waals surface area contributed by atoms with E-state index in [0.717, 1.165) is 30.0 Å². The second-order valence-corrected chi connectivity index (χ2v) is 9.55. The van der Waals surface area contributed by atoms with E-state index in [4.69, 9.17) is 0 Å². The molecule has 1 aliphatic heterocycles. The highest BCUT2D eigenvalue weighted by Crippen LogP contribution is 2.34. The molecule has 1 aromatic rings. The van der Waals surface area contributed by atoms with E-state index < -0.39 is 21.8 Å². The standard InChI is InChI=1S/C19H25F3N2O3S/c1-14-6-7-16(13-17(14)19(20,21)22)28(26,27)24-10-8-23(9-11-24)18(25)12-15-4-2-3-5-15/h6-7,13,15H,2-5,8-12H2,1H3. The summed E-state index contributed by atoms with van der Waals surface area (Å²) in [5.74, 6) is 0.459. The first-order chi connectivity index (χ1) is 13.1. The molecular weight excluding hydrogens is 393 g/mol. The number of hydrogen-bond donors (Lipinski definition) is 0. The molecule has 2 aliphatic rings. The average molecular weight is 418 g/mol. The minimum atomic E-state index is -4.61. The van der Waals surface area contributed by atoms with E-state index in [1.165, 1.54) is 19.1 Å². The molecule has 0 aromatic heterocycles. The molecule has 0 spiro atoms. The zero-order valence-corrected chi connectivity index (χ0v) is 16.7. The van der Waals surface area contributed by atoms with Gasteiger partial charge in [0, 0.05) is 32.6 Å². The highest BCUT2D eigenvalue weighted by Gasteiger charge is 2.36. The fourth-order valence-corrected chi connectivity index (χ4v) is 5.43. The number of benzene rings is 1. The van der Waals surface area contributed by atoms with Crippen LogP contribution in [0, 0.1) is 12.8 Å². The van der Waals surface area contributed by atoms with Gasteiger partial charge in [-0.2, -0.15) is 17.5 Å². The lowest BCUT2D eigenvalue weighted by Crippen LogP contribution is -2.50. The summed E-state index contributed by atoms with van der Waals surface area (Å²) in [4.78, 5) is 13.7. The van der Waals surface area contributed by atoms with Crippen LogP contribution < -0.4 is 0 Å². The summed E-state index contributed by atoms with van der Waals surface area (Å²) < 4.78 is 66.1. The van der Waals surface area contributed by atoms with Crippen LogP contribution in [0.2, 0.25) is 0 Å². The quantitative estimate of drug-likeness (QED) is 0.753. The number of alkyl halides is 3. The Morgan fingerprint density at radius 3 is 2.29 bits per heavy atom. The Balaban J connectivity index is 1.67. The van der Waals surface area contributed by atoms with Gasteiger partial charge >= 0.3 is 6.18 Å². The van der Waals surface area contributed by atoms with Gasteiger partial charge in [-0.3, -0.25) is 4.79 Å². The molecule has 9 heteroatoms. The number of nitrogens with zero attached hydrogens (tertiary/aromatic N) is 2. The number of halogens is 3. The van der Waals surface area contributed by atoms with Crippen LogP contribution in [0.15, 0.2) is 23.1 Å². The second-order valence-electron chi connectivity index (χ2n) is 7.61. The number of hydrogen-bond acceptors (Lipinski definition) is 3. The smallest absolute Gasteiger partial charge is 0.340 e. The second kappa shape index (κ2) is 8.02. The van der Waals surface area contributed by atoms with E-state index in [-0.39, 0.29) is 42.5 Å².